The molecule has 3 aliphatic carbocycles. The van der Waals surface area contributed by atoms with Crippen LogP contribution in [0.15, 0.2) is 102 Å². The number of benzene rings is 3. The second kappa shape index (κ2) is 21.1. The molecular weight excluding hydrogens is 963 g/mol. The van der Waals surface area contributed by atoms with Crippen LogP contribution in [0.2, 0.25) is 0 Å². The number of alkyl carbamates (subject to hydrolysis) is 1. The smallest absolute Gasteiger partial charge is 0.408 e. The van der Waals surface area contributed by atoms with Gasteiger partial charge in [-0.05, 0) is 75.6 Å². The first-order valence-corrected chi connectivity index (χ1v) is 24.2. The molecule has 3 aromatic carbocycles. The van der Waals surface area contributed by atoms with E-state index < -0.39 is 143 Å². The van der Waals surface area contributed by atoms with Crippen LogP contribution in [0.5, 0.6) is 0 Å². The van der Waals surface area contributed by atoms with Gasteiger partial charge in [0.2, 0.25) is 12.0 Å². The Hall–Kier alpha value is -7.00. The number of aliphatic hydroxyl groups is 3. The highest BCUT2D eigenvalue weighted by Gasteiger charge is 2.78. The molecule has 4 aliphatic rings. The van der Waals surface area contributed by atoms with Gasteiger partial charge in [-0.1, -0.05) is 80.6 Å². The first-order valence-electron chi connectivity index (χ1n) is 24.2. The van der Waals surface area contributed by atoms with Gasteiger partial charge in [0.1, 0.15) is 54.7 Å². The highest BCUT2D eigenvalue weighted by atomic mass is 16.6. The van der Waals surface area contributed by atoms with E-state index in [1.165, 1.54) is 52.0 Å². The summed E-state index contributed by atoms with van der Waals surface area (Å²) < 4.78 is 35.6. The number of fused-ring (bicyclic) bond motifs is 5. The van der Waals surface area contributed by atoms with E-state index in [2.05, 4.69) is 16.0 Å². The van der Waals surface area contributed by atoms with Crippen molar-refractivity contribution in [3.63, 3.8) is 0 Å². The summed E-state index contributed by atoms with van der Waals surface area (Å²) in [5.41, 5.74) is -8.67. The average molecular weight is 1030 g/mol. The van der Waals surface area contributed by atoms with Crippen molar-refractivity contribution in [3.05, 3.63) is 119 Å². The zero-order valence-electron chi connectivity index (χ0n) is 42.4. The summed E-state index contributed by atoms with van der Waals surface area (Å²) in [6.45, 7) is 10.0. The van der Waals surface area contributed by atoms with Crippen molar-refractivity contribution < 1.29 is 82.1 Å². The SMILES string of the molecule is CC(=O)O[C@@]12CO[C@@H]1C[C@H](O)[C@@]1(C)C(=O)[C@H](O)C3=C(C)[C@@H](OC(=O)[C@H](OC(=O)CNC(=O)CNC(=O)OC(C)(C)C)[C@@H](NC(=O)c4ccccc4)c4ccccc4)C[C@@](O)(C(OC(=O)c4ccccc4)C12)C3(C)C. The number of rotatable bonds is 14. The predicted molar refractivity (Wildman–Crippen MR) is 259 cm³/mol. The van der Waals surface area contributed by atoms with Gasteiger partial charge in [0.05, 0.1) is 29.6 Å². The fourth-order valence-electron chi connectivity index (χ4n) is 10.9. The minimum absolute atomic E-state index is 0.0266. The maximum Gasteiger partial charge on any atom is 0.408 e. The van der Waals surface area contributed by atoms with E-state index in [0.29, 0.717) is 0 Å². The van der Waals surface area contributed by atoms with Crippen LogP contribution in [0.3, 0.4) is 0 Å². The Labute approximate surface area is 427 Å². The molecule has 6 N–H and O–H groups in total. The third-order valence-corrected chi connectivity index (χ3v) is 14.7. The normalized spacial score (nSPS) is 28.6. The van der Waals surface area contributed by atoms with E-state index in [-0.39, 0.29) is 40.9 Å². The van der Waals surface area contributed by atoms with Gasteiger partial charge in [-0.25, -0.2) is 14.4 Å². The third kappa shape index (κ3) is 10.5. The topological polar surface area (TPSA) is 289 Å². The molecule has 1 saturated heterocycles. The number of hydrogen-bond donors (Lipinski definition) is 6. The fraction of sp³-hybridized carbons (Fsp3) is 0.481. The van der Waals surface area contributed by atoms with Crippen molar-refractivity contribution in [2.45, 2.75) is 128 Å². The molecule has 2 bridgehead atoms. The summed E-state index contributed by atoms with van der Waals surface area (Å²) in [6, 6.07) is 22.1. The molecule has 11 atom stereocenters. The molecule has 2 saturated carbocycles. The van der Waals surface area contributed by atoms with Crippen molar-refractivity contribution in [1.29, 1.82) is 0 Å². The van der Waals surface area contributed by atoms with Gasteiger partial charge in [-0.2, -0.15) is 0 Å². The van der Waals surface area contributed by atoms with Crippen molar-refractivity contribution in [2.75, 3.05) is 19.7 Å². The Morgan fingerprint density at radius 3 is 1.99 bits per heavy atom. The number of esters is 4. The maximum absolute atomic E-state index is 15.3. The number of ether oxygens (including phenoxy) is 6. The van der Waals surface area contributed by atoms with E-state index in [4.69, 9.17) is 28.4 Å². The van der Waals surface area contributed by atoms with E-state index in [9.17, 15) is 44.1 Å². The molecule has 3 fully saturated rings. The zero-order chi connectivity index (χ0) is 54.1. The number of Topliss-reactive ketones (excluding diaryl/α,β-unsaturated/α-hetero) is 1. The highest BCUT2D eigenvalue weighted by Crippen LogP contribution is 2.64. The molecule has 1 aliphatic heterocycles. The number of amides is 3. The minimum atomic E-state index is -2.49. The van der Waals surface area contributed by atoms with Gasteiger partial charge < -0.3 is 59.7 Å². The molecule has 20 nitrogen and oxygen atoms in total. The van der Waals surface area contributed by atoms with Crippen LogP contribution in [0.4, 0.5) is 4.79 Å². The second-order valence-corrected chi connectivity index (χ2v) is 20.9. The summed E-state index contributed by atoms with van der Waals surface area (Å²) in [6.07, 6.45) is -12.2. The monoisotopic (exact) mass is 1030 g/mol. The van der Waals surface area contributed by atoms with Gasteiger partial charge in [0.15, 0.2) is 11.4 Å². The van der Waals surface area contributed by atoms with Crippen LogP contribution in [-0.4, -0.2) is 136 Å². The zero-order valence-corrected chi connectivity index (χ0v) is 42.4. The van der Waals surface area contributed by atoms with Crippen molar-refractivity contribution >= 4 is 47.6 Å². The lowest BCUT2D eigenvalue weighted by Gasteiger charge is -2.67. The largest absolute Gasteiger partial charge is 0.455 e. The van der Waals surface area contributed by atoms with Crippen molar-refractivity contribution in [2.24, 2.45) is 16.7 Å². The third-order valence-electron chi connectivity index (χ3n) is 14.7. The minimum Gasteiger partial charge on any atom is -0.455 e. The van der Waals surface area contributed by atoms with Crippen LogP contribution in [-0.2, 0) is 52.4 Å². The summed E-state index contributed by atoms with van der Waals surface area (Å²) >= 11 is 0. The molecule has 3 aromatic rings. The molecule has 7 rings (SSSR count). The summed E-state index contributed by atoms with van der Waals surface area (Å²) in [4.78, 5) is 111. The first kappa shape index (κ1) is 54.8. The molecule has 20 heteroatoms. The van der Waals surface area contributed by atoms with Gasteiger partial charge in [-0.15, -0.1) is 0 Å². The lowest BCUT2D eigenvalue weighted by Crippen LogP contribution is -2.81. The Bertz CT molecular complexity index is 2690. The number of aliphatic hydroxyl groups excluding tert-OH is 2. The van der Waals surface area contributed by atoms with Crippen LogP contribution in [0, 0.1) is 16.7 Å². The average Bonchev–Trinajstić information content (AvgIpc) is 3.34. The molecule has 2 unspecified atom stereocenters. The quantitative estimate of drug-likeness (QED) is 0.0767. The van der Waals surface area contributed by atoms with E-state index in [1.807, 2.05) is 0 Å². The number of carbonyl (C=O) groups excluding carboxylic acids is 8. The lowest BCUT2D eigenvalue weighted by molar-refractivity contribution is -0.346. The van der Waals surface area contributed by atoms with Crippen molar-refractivity contribution in [3.8, 4) is 0 Å². The maximum atomic E-state index is 15.3. The number of ketones is 1. The number of nitrogens with one attached hydrogen (secondary N) is 3. The Kier molecular flexibility index (Phi) is 15.6. The molecule has 0 radical (unpaired) electrons. The second-order valence-electron chi connectivity index (χ2n) is 20.9. The molecular formula is C54H63N3O17. The predicted octanol–water partition coefficient (Wildman–Crippen LogP) is 3.36. The van der Waals surface area contributed by atoms with Gasteiger partial charge in [0, 0.05) is 30.7 Å². The molecule has 3 amide bonds. The molecule has 0 spiro atoms. The molecule has 74 heavy (non-hydrogen) atoms. The molecule has 0 aromatic heterocycles. The highest BCUT2D eigenvalue weighted by molar-refractivity contribution is 5.96. The fourth-order valence-corrected chi connectivity index (χ4v) is 10.9. The van der Waals surface area contributed by atoms with Crippen LogP contribution >= 0.6 is 0 Å². The van der Waals surface area contributed by atoms with E-state index in [0.717, 1.165) is 6.92 Å². The lowest BCUT2D eigenvalue weighted by atomic mass is 9.44. The van der Waals surface area contributed by atoms with Gasteiger partial charge >= 0.3 is 30.0 Å². The van der Waals surface area contributed by atoms with E-state index in [1.54, 1.807) is 87.5 Å². The summed E-state index contributed by atoms with van der Waals surface area (Å²) in [5, 5.41) is 45.6. The molecule has 396 valence electrons. The Morgan fingerprint density at radius 1 is 0.824 bits per heavy atom. The van der Waals surface area contributed by atoms with Gasteiger partial charge in [0.25, 0.3) is 5.91 Å². The Morgan fingerprint density at radius 2 is 1.42 bits per heavy atom. The van der Waals surface area contributed by atoms with Crippen molar-refractivity contribution in [1.82, 2.24) is 16.0 Å². The van der Waals surface area contributed by atoms with Gasteiger partial charge in [-0.3, -0.25) is 24.0 Å². The standard InChI is InChI=1S/C54H63N3O17/c1-29-34(70-48(66)42(71-38(61)27-55-37(60)26-56-49(67)74-50(3,4)5)40(31-18-12-9-13-19-31)57-46(64)32-20-14-10-15-21-32)25-54(68)45(72-47(65)33-22-16-11-17-23-33)43-52(8,44(63)41(62)39(29)51(54,6)7)35(59)24-36-53(43,28-69-36)73-30(2)58/h9-23,34-36,40-43,45,59,62,68H,24-28H2,1-8H3,(H,55,60)(H,56,67)(H,57,64)/t34-,35-,36+,40-,41+,42+,43?,45?,52+,53-,54+/m0/s1. The van der Waals surface area contributed by atoms with Crippen LogP contribution in [0.25, 0.3) is 0 Å². The number of carbonyl (C=O) groups is 8. The summed E-state index contributed by atoms with van der Waals surface area (Å²) in [7, 11) is 0. The Balaban J connectivity index is 1.31. The number of hydrogen-bond acceptors (Lipinski definition) is 17. The van der Waals surface area contributed by atoms with E-state index >= 15 is 9.59 Å². The summed E-state index contributed by atoms with van der Waals surface area (Å²) in [5.74, 6) is -8.45. The first-order chi connectivity index (χ1) is 34.7. The van der Waals surface area contributed by atoms with Crippen LogP contribution < -0.4 is 16.0 Å². The molecule has 1 heterocycles. The van der Waals surface area contributed by atoms with Crippen LogP contribution in [0.1, 0.15) is 101 Å².